The third kappa shape index (κ3) is 1.77. The van der Waals surface area contributed by atoms with E-state index >= 15 is 0 Å². The molecule has 3 heteroatoms. The molecule has 0 saturated heterocycles. The van der Waals surface area contributed by atoms with Crippen molar-refractivity contribution in [2.45, 2.75) is 13.3 Å². The van der Waals surface area contributed by atoms with Gasteiger partial charge in [-0.05, 0) is 41.6 Å². The van der Waals surface area contributed by atoms with Crippen molar-refractivity contribution in [3.63, 3.8) is 0 Å². The van der Waals surface area contributed by atoms with E-state index in [1.165, 1.54) is 21.2 Å². The van der Waals surface area contributed by atoms with Crippen molar-refractivity contribution < 1.29 is 0 Å². The van der Waals surface area contributed by atoms with Crippen LogP contribution in [0.15, 0.2) is 41.8 Å². The van der Waals surface area contributed by atoms with Gasteiger partial charge >= 0.3 is 0 Å². The number of fused-ring (bicyclic) bond motifs is 1. The molecule has 0 radical (unpaired) electrons. The van der Waals surface area contributed by atoms with Gasteiger partial charge in [0.25, 0.3) is 0 Å². The minimum Gasteiger partial charge on any atom is -0.384 e. The van der Waals surface area contributed by atoms with Gasteiger partial charge in [0.05, 0.1) is 5.69 Å². The first kappa shape index (κ1) is 11.2. The zero-order valence-corrected chi connectivity index (χ0v) is 11.0. The number of hydrogen-bond acceptors (Lipinski definition) is 3. The second-order valence-electron chi connectivity index (χ2n) is 4.22. The average molecular weight is 254 g/mol. The average Bonchev–Trinajstić information content (AvgIpc) is 2.86. The highest BCUT2D eigenvalue weighted by Gasteiger charge is 2.09. The van der Waals surface area contributed by atoms with Crippen LogP contribution in [0.2, 0.25) is 0 Å². The first-order chi connectivity index (χ1) is 8.79. The minimum absolute atomic E-state index is 0.591. The lowest BCUT2D eigenvalue weighted by Gasteiger charge is -2.09. The highest BCUT2D eigenvalue weighted by Crippen LogP contribution is 2.33. The maximum absolute atomic E-state index is 5.76. The van der Waals surface area contributed by atoms with Gasteiger partial charge in [0.1, 0.15) is 5.82 Å². The molecule has 0 fully saturated rings. The fourth-order valence-electron chi connectivity index (χ4n) is 2.26. The van der Waals surface area contributed by atoms with E-state index in [-0.39, 0.29) is 0 Å². The summed E-state index contributed by atoms with van der Waals surface area (Å²) in [5.74, 6) is 0.591. The Bertz CT molecular complexity index is 701. The molecule has 2 heterocycles. The maximum Gasteiger partial charge on any atom is 0.123 e. The summed E-state index contributed by atoms with van der Waals surface area (Å²) in [5.41, 5.74) is 9.27. The Hall–Kier alpha value is -1.87. The SMILES string of the molecule is CCc1nc(N)ccc1-c1cccc2sccc12. The molecule has 0 unspecified atom stereocenters. The van der Waals surface area contributed by atoms with Crippen LogP contribution in [-0.2, 0) is 6.42 Å². The molecule has 2 aromatic heterocycles. The van der Waals surface area contributed by atoms with Crippen LogP contribution in [-0.4, -0.2) is 4.98 Å². The standard InChI is InChI=1S/C15H14N2S/c1-2-13-11(6-7-15(16)17-13)10-4-3-5-14-12(10)8-9-18-14/h3-9H,2H2,1H3,(H2,16,17). The van der Waals surface area contributed by atoms with Crippen molar-refractivity contribution in [3.8, 4) is 11.1 Å². The number of thiophene rings is 1. The lowest BCUT2D eigenvalue weighted by molar-refractivity contribution is 1.05. The lowest BCUT2D eigenvalue weighted by Crippen LogP contribution is -1.97. The molecule has 0 atom stereocenters. The summed E-state index contributed by atoms with van der Waals surface area (Å²) in [4.78, 5) is 4.44. The number of aryl methyl sites for hydroxylation is 1. The lowest BCUT2D eigenvalue weighted by atomic mass is 9.99. The molecule has 3 aromatic rings. The summed E-state index contributed by atoms with van der Waals surface area (Å²) in [6.07, 6.45) is 0.890. The Morgan fingerprint density at radius 3 is 2.83 bits per heavy atom. The van der Waals surface area contributed by atoms with E-state index in [4.69, 9.17) is 5.73 Å². The molecule has 90 valence electrons. The molecule has 0 aliphatic carbocycles. The van der Waals surface area contributed by atoms with Crippen molar-refractivity contribution in [2.75, 3.05) is 5.73 Å². The molecular formula is C15H14N2S. The summed E-state index contributed by atoms with van der Waals surface area (Å²) in [6, 6.07) is 12.5. The number of anilines is 1. The van der Waals surface area contributed by atoms with Crippen LogP contribution < -0.4 is 5.73 Å². The van der Waals surface area contributed by atoms with Crippen molar-refractivity contribution in [2.24, 2.45) is 0 Å². The highest BCUT2D eigenvalue weighted by atomic mass is 32.1. The smallest absolute Gasteiger partial charge is 0.123 e. The summed E-state index contributed by atoms with van der Waals surface area (Å²) in [5, 5.41) is 3.42. The predicted octanol–water partition coefficient (Wildman–Crippen LogP) is 4.11. The second-order valence-corrected chi connectivity index (χ2v) is 5.17. The van der Waals surface area contributed by atoms with E-state index in [0.717, 1.165) is 12.1 Å². The van der Waals surface area contributed by atoms with E-state index < -0.39 is 0 Å². The first-order valence-electron chi connectivity index (χ1n) is 6.01. The largest absolute Gasteiger partial charge is 0.384 e. The van der Waals surface area contributed by atoms with Gasteiger partial charge in [-0.3, -0.25) is 0 Å². The Balaban J connectivity index is 2.29. The Morgan fingerprint density at radius 1 is 1.11 bits per heavy atom. The fraction of sp³-hybridized carbons (Fsp3) is 0.133. The summed E-state index contributed by atoms with van der Waals surface area (Å²) < 4.78 is 1.31. The number of nitrogen functional groups attached to an aromatic ring is 1. The van der Waals surface area contributed by atoms with E-state index in [2.05, 4.69) is 47.6 Å². The van der Waals surface area contributed by atoms with Crippen LogP contribution in [0.5, 0.6) is 0 Å². The highest BCUT2D eigenvalue weighted by molar-refractivity contribution is 7.17. The van der Waals surface area contributed by atoms with Crippen LogP contribution >= 0.6 is 11.3 Å². The zero-order valence-electron chi connectivity index (χ0n) is 10.2. The molecule has 18 heavy (non-hydrogen) atoms. The van der Waals surface area contributed by atoms with Gasteiger partial charge in [-0.2, -0.15) is 0 Å². The molecule has 0 aliphatic rings. The maximum atomic E-state index is 5.76. The molecule has 0 amide bonds. The quantitative estimate of drug-likeness (QED) is 0.747. The van der Waals surface area contributed by atoms with E-state index in [9.17, 15) is 0 Å². The number of aromatic nitrogens is 1. The van der Waals surface area contributed by atoms with Gasteiger partial charge in [0, 0.05) is 15.6 Å². The van der Waals surface area contributed by atoms with Crippen LogP contribution in [0.25, 0.3) is 21.2 Å². The van der Waals surface area contributed by atoms with Crippen molar-refractivity contribution in [1.82, 2.24) is 4.98 Å². The molecule has 0 saturated carbocycles. The fourth-order valence-corrected chi connectivity index (χ4v) is 3.07. The van der Waals surface area contributed by atoms with E-state index in [1.807, 2.05) is 6.07 Å². The van der Waals surface area contributed by atoms with Crippen molar-refractivity contribution >= 4 is 27.2 Å². The number of pyridine rings is 1. The minimum atomic E-state index is 0.591. The van der Waals surface area contributed by atoms with Gasteiger partial charge in [-0.1, -0.05) is 19.1 Å². The zero-order chi connectivity index (χ0) is 12.5. The summed E-state index contributed by atoms with van der Waals surface area (Å²) >= 11 is 1.77. The van der Waals surface area contributed by atoms with Crippen LogP contribution in [0, 0.1) is 0 Å². The number of rotatable bonds is 2. The van der Waals surface area contributed by atoms with Crippen LogP contribution in [0.4, 0.5) is 5.82 Å². The van der Waals surface area contributed by atoms with E-state index in [0.29, 0.717) is 5.82 Å². The second kappa shape index (κ2) is 4.42. The molecule has 0 spiro atoms. The Kier molecular flexibility index (Phi) is 2.76. The summed E-state index contributed by atoms with van der Waals surface area (Å²) in [7, 11) is 0. The van der Waals surface area contributed by atoms with Crippen LogP contribution in [0.1, 0.15) is 12.6 Å². The number of benzene rings is 1. The Labute approximate surface area is 110 Å². The molecule has 2 nitrogen and oxygen atoms in total. The molecule has 0 aliphatic heterocycles. The monoisotopic (exact) mass is 254 g/mol. The van der Waals surface area contributed by atoms with Gasteiger partial charge < -0.3 is 5.73 Å². The third-order valence-electron chi connectivity index (χ3n) is 3.12. The first-order valence-corrected chi connectivity index (χ1v) is 6.89. The van der Waals surface area contributed by atoms with Gasteiger partial charge in [-0.15, -0.1) is 11.3 Å². The molecule has 2 N–H and O–H groups in total. The number of hydrogen-bond donors (Lipinski definition) is 1. The predicted molar refractivity (Wildman–Crippen MR) is 78.8 cm³/mol. The van der Waals surface area contributed by atoms with Gasteiger partial charge in [-0.25, -0.2) is 4.98 Å². The van der Waals surface area contributed by atoms with E-state index in [1.54, 1.807) is 11.3 Å². The molecule has 3 rings (SSSR count). The number of nitrogens with zero attached hydrogens (tertiary/aromatic N) is 1. The third-order valence-corrected chi connectivity index (χ3v) is 4.00. The normalized spacial score (nSPS) is 10.9. The van der Waals surface area contributed by atoms with Gasteiger partial charge in [0.2, 0.25) is 0 Å². The topological polar surface area (TPSA) is 38.9 Å². The van der Waals surface area contributed by atoms with Crippen molar-refractivity contribution in [1.29, 1.82) is 0 Å². The Morgan fingerprint density at radius 2 is 2.00 bits per heavy atom. The summed E-state index contributed by atoms with van der Waals surface area (Å²) in [6.45, 7) is 2.11. The molecule has 1 aromatic carbocycles. The molecular weight excluding hydrogens is 240 g/mol. The van der Waals surface area contributed by atoms with Gasteiger partial charge in [0.15, 0.2) is 0 Å². The van der Waals surface area contributed by atoms with Crippen molar-refractivity contribution in [3.05, 3.63) is 47.5 Å². The van der Waals surface area contributed by atoms with Crippen LogP contribution in [0.3, 0.4) is 0 Å². The number of nitrogens with two attached hydrogens (primary N) is 1. The molecule has 0 bridgehead atoms.